The molecule has 7 amide bonds. The Morgan fingerprint density at radius 3 is 2.35 bits per heavy atom. The quantitative estimate of drug-likeness (QED) is 0.105. The summed E-state index contributed by atoms with van der Waals surface area (Å²) < 4.78 is -0.971. The number of phenolic OH excluding ortho intramolecular Hbond substituents is 1. The Balaban J connectivity index is 1.63. The Labute approximate surface area is 232 Å². The zero-order valence-electron chi connectivity index (χ0n) is 21.7. The zero-order valence-corrected chi connectivity index (χ0v) is 22.6. The van der Waals surface area contributed by atoms with Crippen molar-refractivity contribution in [1.29, 1.82) is 0 Å². The molecule has 3 aliphatic heterocycles. The molecule has 0 spiro atoms. The van der Waals surface area contributed by atoms with Crippen LogP contribution < -0.4 is 16.0 Å². The number of carbonyl (C=O) groups excluding carboxylic acids is 6. The second-order valence-corrected chi connectivity index (χ2v) is 11.6. The predicted molar refractivity (Wildman–Crippen MR) is 137 cm³/mol. The fraction of sp³-hybridized carbons (Fsp3) is 0.458. The van der Waals surface area contributed by atoms with E-state index >= 15 is 0 Å². The lowest BCUT2D eigenvalue weighted by atomic mass is 9.91. The second-order valence-electron chi connectivity index (χ2n) is 9.90. The van der Waals surface area contributed by atoms with E-state index in [1.165, 1.54) is 29.2 Å². The average molecular weight is 577 g/mol. The molecular formula is C24H28N6O9S. The fourth-order valence-corrected chi connectivity index (χ4v) is 6.70. The highest BCUT2D eigenvalue weighted by Crippen LogP contribution is 2.54. The maximum atomic E-state index is 13.7. The predicted octanol–water partition coefficient (Wildman–Crippen LogP) is -1.46. The van der Waals surface area contributed by atoms with E-state index in [9.17, 15) is 43.8 Å². The van der Waals surface area contributed by atoms with E-state index in [-0.39, 0.29) is 37.4 Å². The first kappa shape index (κ1) is 28.7. The molecule has 0 radical (unpaired) electrons. The molecule has 0 aliphatic carbocycles. The number of benzene rings is 1. The number of piperazine rings is 1. The molecule has 0 bridgehead atoms. The third kappa shape index (κ3) is 4.57. The molecule has 4 rings (SSSR count). The molecule has 214 valence electrons. The van der Waals surface area contributed by atoms with Gasteiger partial charge in [0.15, 0.2) is 0 Å². The Morgan fingerprint density at radius 1 is 1.12 bits per heavy atom. The van der Waals surface area contributed by atoms with Gasteiger partial charge in [0.05, 0.1) is 0 Å². The molecule has 1 aromatic rings. The van der Waals surface area contributed by atoms with Crippen molar-refractivity contribution in [3.8, 4) is 5.75 Å². The van der Waals surface area contributed by atoms with Gasteiger partial charge >= 0.3 is 23.8 Å². The molecule has 16 heteroatoms. The van der Waals surface area contributed by atoms with E-state index in [1.807, 2.05) is 0 Å². The van der Waals surface area contributed by atoms with Gasteiger partial charge in [0.25, 0.3) is 5.91 Å². The van der Waals surface area contributed by atoms with Crippen molar-refractivity contribution < 1.29 is 43.8 Å². The molecule has 15 nitrogen and oxygen atoms in total. The largest absolute Gasteiger partial charge is 0.508 e. The van der Waals surface area contributed by atoms with Crippen LogP contribution >= 0.6 is 11.8 Å². The first-order chi connectivity index (χ1) is 18.8. The van der Waals surface area contributed by atoms with E-state index in [0.717, 1.165) is 16.7 Å². The van der Waals surface area contributed by atoms with Crippen LogP contribution in [0.1, 0.15) is 32.4 Å². The van der Waals surface area contributed by atoms with Gasteiger partial charge in [-0.15, -0.1) is 11.8 Å². The number of amides is 7. The first-order valence-corrected chi connectivity index (χ1v) is 13.1. The number of rotatable bonds is 8. The lowest BCUT2D eigenvalue weighted by molar-refractivity contribution is -0.172. The number of hydrogen-bond acceptors (Lipinski definition) is 9. The van der Waals surface area contributed by atoms with Gasteiger partial charge in [-0.2, -0.15) is 0 Å². The molecule has 0 aromatic heterocycles. The summed E-state index contributed by atoms with van der Waals surface area (Å²) in [7, 11) is 0. The Kier molecular flexibility index (Phi) is 7.40. The minimum Gasteiger partial charge on any atom is -0.508 e. The monoisotopic (exact) mass is 576 g/mol. The minimum atomic E-state index is -2.02. The molecular weight excluding hydrogens is 548 g/mol. The van der Waals surface area contributed by atoms with Crippen LogP contribution in [0, 0.1) is 0 Å². The summed E-state index contributed by atoms with van der Waals surface area (Å²) in [5.74, 6) is -5.20. The molecule has 40 heavy (non-hydrogen) atoms. The normalized spacial score (nSPS) is 26.0. The van der Waals surface area contributed by atoms with Crippen LogP contribution in [0.2, 0.25) is 0 Å². The van der Waals surface area contributed by atoms with Crippen LogP contribution in [0.4, 0.5) is 4.79 Å². The molecule has 4 atom stereocenters. The number of fused-ring (bicyclic) bond motifs is 1. The highest BCUT2D eigenvalue weighted by atomic mass is 32.2. The first-order valence-electron chi connectivity index (χ1n) is 12.3. The highest BCUT2D eigenvalue weighted by Gasteiger charge is 2.72. The number of aliphatic carboxylic acids is 1. The van der Waals surface area contributed by atoms with Crippen molar-refractivity contribution in [3.05, 3.63) is 29.8 Å². The van der Waals surface area contributed by atoms with E-state index in [2.05, 4.69) is 16.0 Å². The van der Waals surface area contributed by atoms with Gasteiger partial charge in [-0.25, -0.2) is 9.59 Å². The van der Waals surface area contributed by atoms with Crippen LogP contribution in [0.15, 0.2) is 24.3 Å². The molecule has 3 fully saturated rings. The number of carboxylic acids is 1. The molecule has 3 heterocycles. The number of imide groups is 1. The maximum Gasteiger partial charge on any atom is 0.327 e. The van der Waals surface area contributed by atoms with Gasteiger partial charge in [0.2, 0.25) is 18.0 Å². The summed E-state index contributed by atoms with van der Waals surface area (Å²) in [6.07, 6.45) is 0.197. The Bertz CT molecular complexity index is 1290. The number of carbonyl (C=O) groups is 7. The minimum absolute atomic E-state index is 0.0979. The molecule has 3 aliphatic rings. The molecule has 5 N–H and O–H groups in total. The van der Waals surface area contributed by atoms with Gasteiger partial charge in [-0.05, 0) is 38.5 Å². The standard InChI is InChI=1S/C24H28N6O9S/c1-4-28-9-10-29(18(35)17(28)34)22(39)26-14(12-5-7-13(32)8-6-12)16(33)27-24(25-11-31)20(38)30-15(19(36)37)23(2,3)40-21(24)30/h5-8,11,14-15,21,32H,4,9-10H2,1-3H3,(H,25,31)(H,26,39)(H,27,33)(H,36,37)/t14?,15-,21+,24+/m0/s1. The summed E-state index contributed by atoms with van der Waals surface area (Å²) in [6, 6.07) is 1.31. The van der Waals surface area contributed by atoms with Crippen LogP contribution in [-0.4, -0.2) is 108 Å². The van der Waals surface area contributed by atoms with Gasteiger partial charge in [-0.1, -0.05) is 12.1 Å². The van der Waals surface area contributed by atoms with E-state index in [1.54, 1.807) is 20.8 Å². The van der Waals surface area contributed by atoms with Crippen molar-refractivity contribution in [3.63, 3.8) is 0 Å². The van der Waals surface area contributed by atoms with Crippen molar-refractivity contribution in [1.82, 2.24) is 30.7 Å². The summed E-state index contributed by atoms with van der Waals surface area (Å²) in [5, 5.41) is 25.6. The third-order valence-corrected chi connectivity index (χ3v) is 8.71. The number of nitrogens with zero attached hydrogens (tertiary/aromatic N) is 3. The summed E-state index contributed by atoms with van der Waals surface area (Å²) in [6.45, 7) is 5.16. The van der Waals surface area contributed by atoms with Gasteiger partial charge in [-0.3, -0.25) is 28.9 Å². The van der Waals surface area contributed by atoms with Gasteiger partial charge < -0.3 is 36.0 Å². The average Bonchev–Trinajstić information content (AvgIpc) is 3.17. The lowest BCUT2D eigenvalue weighted by Crippen LogP contribution is -2.85. The van der Waals surface area contributed by atoms with E-state index < -0.39 is 63.5 Å². The van der Waals surface area contributed by atoms with Gasteiger partial charge in [0.1, 0.15) is 23.2 Å². The molecule has 1 unspecified atom stereocenters. The number of carboxylic acid groups (broad SMARTS) is 1. The smallest absolute Gasteiger partial charge is 0.327 e. The maximum absolute atomic E-state index is 13.7. The number of phenols is 1. The van der Waals surface area contributed by atoms with Crippen LogP contribution in [0.5, 0.6) is 5.75 Å². The molecule has 0 saturated carbocycles. The van der Waals surface area contributed by atoms with Crippen LogP contribution in [-0.2, 0) is 28.8 Å². The number of nitrogens with one attached hydrogen (secondary N) is 3. The third-order valence-electron chi connectivity index (χ3n) is 7.08. The summed E-state index contributed by atoms with van der Waals surface area (Å²) >= 11 is 1.07. The van der Waals surface area contributed by atoms with Gasteiger partial charge in [0, 0.05) is 24.4 Å². The van der Waals surface area contributed by atoms with Crippen molar-refractivity contribution >= 4 is 53.8 Å². The Hall–Kier alpha value is -4.34. The number of hydrogen-bond donors (Lipinski definition) is 5. The van der Waals surface area contributed by atoms with Crippen LogP contribution in [0.25, 0.3) is 0 Å². The molecule has 3 saturated heterocycles. The van der Waals surface area contributed by atoms with E-state index in [4.69, 9.17) is 0 Å². The van der Waals surface area contributed by atoms with Crippen molar-refractivity contribution in [2.45, 2.75) is 48.6 Å². The summed E-state index contributed by atoms with van der Waals surface area (Å²) in [4.78, 5) is 91.4. The number of β-lactam (4-membered cyclic amide) rings is 1. The highest BCUT2D eigenvalue weighted by molar-refractivity contribution is 8.01. The Morgan fingerprint density at radius 2 is 1.77 bits per heavy atom. The zero-order chi connectivity index (χ0) is 29.6. The number of urea groups is 1. The van der Waals surface area contributed by atoms with Crippen molar-refractivity contribution in [2.75, 3.05) is 19.6 Å². The molecule has 1 aromatic carbocycles. The fourth-order valence-electron chi connectivity index (χ4n) is 5.04. The summed E-state index contributed by atoms with van der Waals surface area (Å²) in [5.41, 5.74) is -1.88. The number of aromatic hydroxyl groups is 1. The number of likely N-dealkylation sites (N-methyl/N-ethyl adjacent to an activating group) is 1. The lowest BCUT2D eigenvalue weighted by Gasteiger charge is -2.52. The van der Waals surface area contributed by atoms with Crippen LogP contribution in [0.3, 0.4) is 0 Å². The SMILES string of the molecule is CCN1CCN(C(=O)NC(C(=O)N[C@]2(NC=O)C(=O)N3[C@@H](C(=O)O)C(C)(C)S[C@@H]32)c2ccc(O)cc2)C(=O)C1=O. The van der Waals surface area contributed by atoms with Crippen molar-refractivity contribution in [2.24, 2.45) is 0 Å². The second kappa shape index (κ2) is 10.3. The number of thioether (sulfide) groups is 1. The van der Waals surface area contributed by atoms with E-state index in [0.29, 0.717) is 4.90 Å². The topological polar surface area (TPSA) is 206 Å².